The van der Waals surface area contributed by atoms with E-state index >= 15 is 0 Å². The van der Waals surface area contributed by atoms with Gasteiger partial charge in [-0.2, -0.15) is 4.98 Å². The maximum absolute atomic E-state index is 12.3. The van der Waals surface area contributed by atoms with Crippen LogP contribution in [0.5, 0.6) is 6.01 Å². The van der Waals surface area contributed by atoms with E-state index in [9.17, 15) is 4.79 Å². The Kier molecular flexibility index (Phi) is 4.79. The number of carbonyl (C=O) groups excluding carboxylic acids is 1. The standard InChI is InChI=1S/C19H20N2O3/c1-3-23-18(22)15-11-8-12-16-17(15)21(19(20-16)24-4-2)13-14-9-6-5-7-10-14/h5-12H,3-4,13H2,1-2H3. The van der Waals surface area contributed by atoms with Gasteiger partial charge in [0.1, 0.15) is 0 Å². The maximum atomic E-state index is 12.3. The SMILES string of the molecule is CCOC(=O)c1cccc2nc(OCC)n(Cc3ccccc3)c12. The summed E-state index contributed by atoms with van der Waals surface area (Å²) < 4.78 is 12.8. The molecule has 0 aliphatic rings. The smallest absolute Gasteiger partial charge is 0.340 e. The Hall–Kier alpha value is -2.82. The third-order valence-electron chi connectivity index (χ3n) is 3.68. The van der Waals surface area contributed by atoms with Crippen molar-refractivity contribution in [1.82, 2.24) is 9.55 Å². The van der Waals surface area contributed by atoms with Crippen molar-refractivity contribution in [1.29, 1.82) is 0 Å². The molecule has 124 valence electrons. The van der Waals surface area contributed by atoms with E-state index in [-0.39, 0.29) is 5.97 Å². The van der Waals surface area contributed by atoms with E-state index in [1.54, 1.807) is 13.0 Å². The molecule has 0 amide bonds. The molecule has 0 spiro atoms. The molecule has 5 nitrogen and oxygen atoms in total. The molecular formula is C19H20N2O3. The van der Waals surface area contributed by atoms with Gasteiger partial charge in [0.05, 0.1) is 36.4 Å². The van der Waals surface area contributed by atoms with Gasteiger partial charge >= 0.3 is 5.97 Å². The third kappa shape index (κ3) is 3.11. The van der Waals surface area contributed by atoms with Gasteiger partial charge in [0.15, 0.2) is 0 Å². The summed E-state index contributed by atoms with van der Waals surface area (Å²) in [6, 6.07) is 16.0. The number of imidazole rings is 1. The molecule has 3 rings (SSSR count). The maximum Gasteiger partial charge on any atom is 0.340 e. The van der Waals surface area contributed by atoms with Crippen LogP contribution in [0.15, 0.2) is 48.5 Å². The van der Waals surface area contributed by atoms with Crippen LogP contribution in [-0.2, 0) is 11.3 Å². The van der Waals surface area contributed by atoms with Crippen molar-refractivity contribution in [2.24, 2.45) is 0 Å². The minimum Gasteiger partial charge on any atom is -0.465 e. The summed E-state index contributed by atoms with van der Waals surface area (Å²) in [4.78, 5) is 16.9. The number of esters is 1. The van der Waals surface area contributed by atoms with Crippen molar-refractivity contribution in [3.63, 3.8) is 0 Å². The highest BCUT2D eigenvalue weighted by Gasteiger charge is 2.19. The minimum absolute atomic E-state index is 0.334. The van der Waals surface area contributed by atoms with Crippen LogP contribution in [0.3, 0.4) is 0 Å². The fraction of sp³-hybridized carbons (Fsp3) is 0.263. The first-order valence-corrected chi connectivity index (χ1v) is 8.07. The van der Waals surface area contributed by atoms with E-state index in [0.29, 0.717) is 31.3 Å². The molecule has 0 fully saturated rings. The van der Waals surface area contributed by atoms with Crippen molar-refractivity contribution >= 4 is 17.0 Å². The first-order chi connectivity index (χ1) is 11.7. The normalized spacial score (nSPS) is 10.8. The Bertz CT molecular complexity index is 840. The topological polar surface area (TPSA) is 53.4 Å². The van der Waals surface area contributed by atoms with E-state index in [0.717, 1.165) is 16.6 Å². The van der Waals surface area contributed by atoms with Crippen LogP contribution in [-0.4, -0.2) is 28.7 Å². The lowest BCUT2D eigenvalue weighted by atomic mass is 10.1. The van der Waals surface area contributed by atoms with Gasteiger partial charge in [-0.25, -0.2) is 4.79 Å². The lowest BCUT2D eigenvalue weighted by Crippen LogP contribution is -2.10. The van der Waals surface area contributed by atoms with Crippen LogP contribution in [0.25, 0.3) is 11.0 Å². The van der Waals surface area contributed by atoms with E-state index in [1.165, 1.54) is 0 Å². The van der Waals surface area contributed by atoms with Crippen molar-refractivity contribution in [3.8, 4) is 6.01 Å². The summed E-state index contributed by atoms with van der Waals surface area (Å²) in [5.74, 6) is -0.347. The predicted molar refractivity (Wildman–Crippen MR) is 92.4 cm³/mol. The molecule has 3 aromatic rings. The molecule has 0 radical (unpaired) electrons. The highest BCUT2D eigenvalue weighted by atomic mass is 16.5. The number of hydrogen-bond donors (Lipinski definition) is 0. The molecule has 0 bridgehead atoms. The Morgan fingerprint density at radius 2 is 1.83 bits per heavy atom. The second-order valence-electron chi connectivity index (χ2n) is 5.29. The summed E-state index contributed by atoms with van der Waals surface area (Å²) in [7, 11) is 0. The van der Waals surface area contributed by atoms with E-state index in [4.69, 9.17) is 9.47 Å². The number of ether oxygens (including phenoxy) is 2. The lowest BCUT2D eigenvalue weighted by Gasteiger charge is -2.11. The molecule has 1 heterocycles. The monoisotopic (exact) mass is 324 g/mol. The first-order valence-electron chi connectivity index (χ1n) is 8.07. The van der Waals surface area contributed by atoms with Crippen LogP contribution in [0.2, 0.25) is 0 Å². The zero-order chi connectivity index (χ0) is 16.9. The lowest BCUT2D eigenvalue weighted by molar-refractivity contribution is 0.0528. The Balaban J connectivity index is 2.15. The molecule has 0 aliphatic heterocycles. The molecule has 2 aromatic carbocycles. The predicted octanol–water partition coefficient (Wildman–Crippen LogP) is 3.66. The first kappa shape index (κ1) is 16.1. The number of para-hydroxylation sites is 1. The number of aromatic nitrogens is 2. The largest absolute Gasteiger partial charge is 0.465 e. The zero-order valence-electron chi connectivity index (χ0n) is 13.9. The summed E-state index contributed by atoms with van der Waals surface area (Å²) in [5, 5.41) is 0. The molecular weight excluding hydrogens is 304 g/mol. The van der Waals surface area contributed by atoms with Crippen molar-refractivity contribution in [2.45, 2.75) is 20.4 Å². The van der Waals surface area contributed by atoms with Crippen molar-refractivity contribution in [3.05, 3.63) is 59.7 Å². The number of nitrogens with zero attached hydrogens (tertiary/aromatic N) is 2. The molecule has 0 atom stereocenters. The molecule has 0 unspecified atom stereocenters. The van der Waals surface area contributed by atoms with Gasteiger partial charge < -0.3 is 9.47 Å². The van der Waals surface area contributed by atoms with Crippen LogP contribution >= 0.6 is 0 Å². The van der Waals surface area contributed by atoms with Gasteiger partial charge in [-0.05, 0) is 31.5 Å². The van der Waals surface area contributed by atoms with Gasteiger partial charge in [-0.3, -0.25) is 4.57 Å². The highest BCUT2D eigenvalue weighted by molar-refractivity contribution is 6.02. The summed E-state index contributed by atoms with van der Waals surface area (Å²) in [5.41, 5.74) is 3.07. The molecule has 24 heavy (non-hydrogen) atoms. The molecule has 0 saturated heterocycles. The van der Waals surface area contributed by atoms with Crippen LogP contribution in [0.1, 0.15) is 29.8 Å². The fourth-order valence-corrected chi connectivity index (χ4v) is 2.69. The van der Waals surface area contributed by atoms with Gasteiger partial charge in [0, 0.05) is 0 Å². The average Bonchev–Trinajstić information content (AvgIpc) is 2.94. The third-order valence-corrected chi connectivity index (χ3v) is 3.68. The van der Waals surface area contributed by atoms with Crippen molar-refractivity contribution in [2.75, 3.05) is 13.2 Å². The molecule has 0 N–H and O–H groups in total. The van der Waals surface area contributed by atoms with Crippen LogP contribution in [0.4, 0.5) is 0 Å². The Morgan fingerprint density at radius 3 is 2.54 bits per heavy atom. The van der Waals surface area contributed by atoms with Crippen LogP contribution in [0, 0.1) is 0 Å². The Morgan fingerprint density at radius 1 is 1.04 bits per heavy atom. The number of hydrogen-bond acceptors (Lipinski definition) is 4. The number of carbonyl (C=O) groups is 1. The molecule has 5 heteroatoms. The fourth-order valence-electron chi connectivity index (χ4n) is 2.69. The Labute approximate surface area is 140 Å². The zero-order valence-corrected chi connectivity index (χ0v) is 13.9. The summed E-state index contributed by atoms with van der Waals surface area (Å²) >= 11 is 0. The van der Waals surface area contributed by atoms with E-state index < -0.39 is 0 Å². The summed E-state index contributed by atoms with van der Waals surface area (Å²) in [6.07, 6.45) is 0. The molecule has 0 saturated carbocycles. The van der Waals surface area contributed by atoms with Gasteiger partial charge in [0.2, 0.25) is 0 Å². The van der Waals surface area contributed by atoms with Gasteiger partial charge in [0.25, 0.3) is 6.01 Å². The highest BCUT2D eigenvalue weighted by Crippen LogP contribution is 2.26. The van der Waals surface area contributed by atoms with E-state index in [2.05, 4.69) is 4.98 Å². The number of fused-ring (bicyclic) bond motifs is 1. The number of rotatable bonds is 6. The second kappa shape index (κ2) is 7.17. The van der Waals surface area contributed by atoms with Gasteiger partial charge in [-0.15, -0.1) is 0 Å². The van der Waals surface area contributed by atoms with Crippen LogP contribution < -0.4 is 4.74 Å². The van der Waals surface area contributed by atoms with E-state index in [1.807, 2.05) is 54.0 Å². The number of benzene rings is 2. The quantitative estimate of drug-likeness (QED) is 0.649. The molecule has 1 aromatic heterocycles. The minimum atomic E-state index is -0.347. The summed E-state index contributed by atoms with van der Waals surface area (Å²) in [6.45, 7) is 5.12. The molecule has 0 aliphatic carbocycles. The van der Waals surface area contributed by atoms with Gasteiger partial charge in [-0.1, -0.05) is 36.4 Å². The van der Waals surface area contributed by atoms with Crippen molar-refractivity contribution < 1.29 is 14.3 Å². The second-order valence-corrected chi connectivity index (χ2v) is 5.29. The average molecular weight is 324 g/mol.